The SMILES string of the molecule is Cc1ccc(F)c2cc(C(=O)NC3CC45CNCN4C(N4CCN(C)CC4)(C3)C3CCCCC(C3)C3/C=C\CCCCC35)[nH]c12. The zero-order chi connectivity index (χ0) is 30.8. The number of halogens is 1. The predicted octanol–water partition coefficient (Wildman–Crippen LogP) is 5.63. The van der Waals surface area contributed by atoms with Gasteiger partial charge in [-0.05, 0) is 107 Å². The number of fused-ring (bicyclic) bond motifs is 6. The number of hydrogen-bond donors (Lipinski definition) is 3. The molecular formula is C37H53FN6O. The third kappa shape index (κ3) is 4.92. The van der Waals surface area contributed by atoms with Gasteiger partial charge in [-0.1, -0.05) is 37.5 Å². The Morgan fingerprint density at radius 1 is 1.04 bits per heavy atom. The summed E-state index contributed by atoms with van der Waals surface area (Å²) < 4.78 is 14.8. The molecule has 4 bridgehead atoms. The summed E-state index contributed by atoms with van der Waals surface area (Å²) in [5.41, 5.74) is 2.07. The number of likely N-dealkylation sites (N-methyl/N-ethyl adjacent to an activating group) is 1. The van der Waals surface area contributed by atoms with Gasteiger partial charge in [0.05, 0.1) is 17.8 Å². The van der Waals surface area contributed by atoms with E-state index in [4.69, 9.17) is 0 Å². The highest BCUT2D eigenvalue weighted by atomic mass is 19.1. The molecule has 7 unspecified atom stereocenters. The number of aromatic nitrogens is 1. The molecule has 1 aromatic heterocycles. The van der Waals surface area contributed by atoms with Crippen molar-refractivity contribution in [2.24, 2.45) is 23.7 Å². The Labute approximate surface area is 268 Å². The summed E-state index contributed by atoms with van der Waals surface area (Å²) >= 11 is 0. The number of piperazine rings is 1. The minimum atomic E-state index is -0.280. The molecule has 8 rings (SSSR count). The van der Waals surface area contributed by atoms with Gasteiger partial charge in [0.2, 0.25) is 0 Å². The molecule has 4 saturated heterocycles. The number of amides is 1. The van der Waals surface area contributed by atoms with Gasteiger partial charge in [-0.3, -0.25) is 14.6 Å². The molecule has 4 aliphatic heterocycles. The number of nitrogens with zero attached hydrogens (tertiary/aromatic N) is 3. The van der Waals surface area contributed by atoms with Gasteiger partial charge in [-0.15, -0.1) is 0 Å². The lowest BCUT2D eigenvalue weighted by Gasteiger charge is -2.67. The Hall–Kier alpha value is -2.26. The van der Waals surface area contributed by atoms with Gasteiger partial charge in [0.15, 0.2) is 0 Å². The first kappa shape index (κ1) is 30.1. The molecular weight excluding hydrogens is 563 g/mol. The van der Waals surface area contributed by atoms with Crippen LogP contribution in [-0.2, 0) is 0 Å². The zero-order valence-electron chi connectivity index (χ0n) is 27.4. The Balaban J connectivity index is 1.23. The van der Waals surface area contributed by atoms with Crippen molar-refractivity contribution in [1.29, 1.82) is 0 Å². The number of H-pyrrole nitrogens is 1. The molecule has 7 nitrogen and oxygen atoms in total. The van der Waals surface area contributed by atoms with Crippen LogP contribution in [0, 0.1) is 36.4 Å². The summed E-state index contributed by atoms with van der Waals surface area (Å²) in [6.45, 7) is 8.27. The van der Waals surface area contributed by atoms with E-state index in [0.29, 0.717) is 28.8 Å². The topological polar surface area (TPSA) is 66.6 Å². The lowest BCUT2D eigenvalue weighted by Crippen LogP contribution is -2.79. The van der Waals surface area contributed by atoms with E-state index in [0.717, 1.165) is 69.2 Å². The second-order valence-electron chi connectivity index (χ2n) is 15.6. The molecule has 8 heteroatoms. The quantitative estimate of drug-likeness (QED) is 0.391. The van der Waals surface area contributed by atoms with Crippen LogP contribution in [0.2, 0.25) is 0 Å². The van der Waals surface area contributed by atoms with Crippen molar-refractivity contribution < 1.29 is 9.18 Å². The number of piperidine rings is 1. The largest absolute Gasteiger partial charge is 0.350 e. The molecule has 5 heterocycles. The molecule has 0 radical (unpaired) electrons. The highest BCUT2D eigenvalue weighted by Gasteiger charge is 2.66. The molecule has 7 atom stereocenters. The maximum Gasteiger partial charge on any atom is 0.267 e. The van der Waals surface area contributed by atoms with Crippen molar-refractivity contribution in [1.82, 2.24) is 30.3 Å². The number of carbonyl (C=O) groups is 1. The maximum atomic E-state index is 14.8. The van der Waals surface area contributed by atoms with Crippen molar-refractivity contribution in [3.8, 4) is 0 Å². The summed E-state index contributed by atoms with van der Waals surface area (Å²) in [6, 6.07) is 5.06. The molecule has 5 fully saturated rings. The standard InChI is InChI=1S/C37H53FN6O/c1-25-13-14-32(38)30-20-33(41-34(25)30)35(45)40-28-21-36-23-39-24-44(36)37(22-28,43-17-15-42(2)16-18-43)27-10-8-7-9-26(19-27)29-11-5-3-4-6-12-31(29)36/h5,11,13-14,20,26-29,31,39,41H,3-4,6-10,12,15-19,21-24H2,1-2H3,(H,40,45)/b11-5-. The van der Waals surface area contributed by atoms with Crippen LogP contribution in [0.5, 0.6) is 0 Å². The normalized spacial score (nSPS) is 38.7. The molecule has 2 aliphatic carbocycles. The third-order valence-electron chi connectivity index (χ3n) is 13.2. The Bertz CT molecular complexity index is 1410. The second kappa shape index (κ2) is 11.8. The first-order chi connectivity index (χ1) is 21.9. The van der Waals surface area contributed by atoms with E-state index in [1.807, 2.05) is 6.92 Å². The van der Waals surface area contributed by atoms with Crippen molar-refractivity contribution in [2.75, 3.05) is 46.4 Å². The van der Waals surface area contributed by atoms with Crippen LogP contribution in [0.15, 0.2) is 30.4 Å². The highest BCUT2D eigenvalue weighted by molar-refractivity contribution is 5.99. The number of carbonyl (C=O) groups excluding carboxylic acids is 1. The summed E-state index contributed by atoms with van der Waals surface area (Å²) in [5, 5.41) is 8.06. The van der Waals surface area contributed by atoms with Gasteiger partial charge in [-0.25, -0.2) is 4.39 Å². The van der Waals surface area contributed by atoms with E-state index in [1.165, 1.54) is 63.9 Å². The number of nitrogens with one attached hydrogen (secondary N) is 3. The monoisotopic (exact) mass is 616 g/mol. The van der Waals surface area contributed by atoms with Gasteiger partial charge in [0, 0.05) is 49.7 Å². The molecule has 45 heavy (non-hydrogen) atoms. The van der Waals surface area contributed by atoms with Crippen LogP contribution in [0.25, 0.3) is 10.9 Å². The second-order valence-corrected chi connectivity index (χ2v) is 15.6. The lowest BCUT2D eigenvalue weighted by atomic mass is 9.57. The fraction of sp³-hybridized carbons (Fsp3) is 0.703. The average Bonchev–Trinajstić information content (AvgIpc) is 3.59. The number of aryl methyl sites for hydroxylation is 1. The van der Waals surface area contributed by atoms with E-state index >= 15 is 0 Å². The summed E-state index contributed by atoms with van der Waals surface area (Å²) in [7, 11) is 2.26. The van der Waals surface area contributed by atoms with Crippen molar-refractivity contribution in [3.05, 3.63) is 47.4 Å². The third-order valence-corrected chi connectivity index (χ3v) is 13.2. The Morgan fingerprint density at radius 2 is 1.87 bits per heavy atom. The zero-order valence-corrected chi connectivity index (χ0v) is 27.4. The minimum absolute atomic E-state index is 0.00367. The Morgan fingerprint density at radius 3 is 2.71 bits per heavy atom. The van der Waals surface area contributed by atoms with E-state index in [-0.39, 0.29) is 29.0 Å². The van der Waals surface area contributed by atoms with Crippen molar-refractivity contribution in [2.45, 2.75) is 94.8 Å². The van der Waals surface area contributed by atoms with Crippen LogP contribution in [0.4, 0.5) is 4.39 Å². The van der Waals surface area contributed by atoms with Gasteiger partial charge in [-0.2, -0.15) is 0 Å². The van der Waals surface area contributed by atoms with E-state index in [9.17, 15) is 9.18 Å². The van der Waals surface area contributed by atoms with Crippen molar-refractivity contribution >= 4 is 16.8 Å². The maximum absolute atomic E-state index is 14.8. The minimum Gasteiger partial charge on any atom is -0.350 e. The molecule has 3 N–H and O–H groups in total. The number of rotatable bonds is 3. The van der Waals surface area contributed by atoms with Gasteiger partial charge >= 0.3 is 0 Å². The fourth-order valence-corrected chi connectivity index (χ4v) is 11.2. The Kier molecular flexibility index (Phi) is 7.87. The highest BCUT2D eigenvalue weighted by Crippen LogP contribution is 2.59. The summed E-state index contributed by atoms with van der Waals surface area (Å²) in [4.78, 5) is 25.8. The molecule has 0 spiro atoms. The fourth-order valence-electron chi connectivity index (χ4n) is 11.2. The number of allylic oxidation sites excluding steroid dienone is 2. The van der Waals surface area contributed by atoms with E-state index in [1.54, 1.807) is 12.1 Å². The molecule has 6 aliphatic rings. The van der Waals surface area contributed by atoms with Gasteiger partial charge in [0.1, 0.15) is 11.5 Å². The van der Waals surface area contributed by atoms with Gasteiger partial charge < -0.3 is 20.5 Å². The van der Waals surface area contributed by atoms with Crippen LogP contribution in [0.1, 0.15) is 86.7 Å². The van der Waals surface area contributed by atoms with Crippen LogP contribution >= 0.6 is 0 Å². The molecule has 1 amide bonds. The van der Waals surface area contributed by atoms with E-state index < -0.39 is 0 Å². The lowest BCUT2D eigenvalue weighted by molar-refractivity contribution is -0.207. The number of benzene rings is 1. The first-order valence-corrected chi connectivity index (χ1v) is 18.1. The first-order valence-electron chi connectivity index (χ1n) is 18.1. The van der Waals surface area contributed by atoms with Crippen LogP contribution in [-0.4, -0.2) is 89.3 Å². The van der Waals surface area contributed by atoms with Crippen LogP contribution < -0.4 is 10.6 Å². The van der Waals surface area contributed by atoms with E-state index in [2.05, 4.69) is 49.5 Å². The van der Waals surface area contributed by atoms with Gasteiger partial charge in [0.25, 0.3) is 5.91 Å². The predicted molar refractivity (Wildman–Crippen MR) is 177 cm³/mol. The average molecular weight is 617 g/mol. The molecule has 1 saturated carbocycles. The van der Waals surface area contributed by atoms with Crippen molar-refractivity contribution in [3.63, 3.8) is 0 Å². The van der Waals surface area contributed by atoms with Crippen LogP contribution in [0.3, 0.4) is 0 Å². The molecule has 1 aromatic carbocycles. The number of aromatic amines is 1. The smallest absolute Gasteiger partial charge is 0.267 e. The summed E-state index contributed by atoms with van der Waals surface area (Å²) in [5.74, 6) is 2.13. The molecule has 244 valence electrons. The number of hydrogen-bond acceptors (Lipinski definition) is 5. The molecule has 2 aromatic rings. The summed E-state index contributed by atoms with van der Waals surface area (Å²) in [6.07, 6.45) is 18.8.